The summed E-state index contributed by atoms with van der Waals surface area (Å²) in [6, 6.07) is 1.93. The largest absolute Gasteiger partial charge is 0.390 e. The van der Waals surface area contributed by atoms with Gasteiger partial charge in [0.1, 0.15) is 0 Å². The maximum atomic E-state index is 12.2. The van der Waals surface area contributed by atoms with Crippen LogP contribution in [0.1, 0.15) is 50.5 Å². The van der Waals surface area contributed by atoms with Gasteiger partial charge in [0.15, 0.2) is 0 Å². The van der Waals surface area contributed by atoms with Gasteiger partial charge in [0.2, 0.25) is 5.91 Å². The lowest BCUT2D eigenvalue weighted by atomic mass is 10.1. The lowest BCUT2D eigenvalue weighted by Gasteiger charge is -2.24. The third kappa shape index (κ3) is 2.72. The first kappa shape index (κ1) is 13.1. The SMILES string of the molecule is CC(C)CC(=O)N1CCCC1c1cc(CO)[nH]n1. The van der Waals surface area contributed by atoms with Crippen molar-refractivity contribution >= 4 is 5.91 Å². The summed E-state index contributed by atoms with van der Waals surface area (Å²) >= 11 is 0. The quantitative estimate of drug-likeness (QED) is 0.854. The molecule has 1 atom stereocenters. The van der Waals surface area contributed by atoms with E-state index in [0.29, 0.717) is 18.0 Å². The minimum atomic E-state index is -0.0420. The van der Waals surface area contributed by atoms with Crippen molar-refractivity contribution in [2.24, 2.45) is 5.92 Å². The van der Waals surface area contributed by atoms with E-state index in [1.165, 1.54) is 0 Å². The highest BCUT2D eigenvalue weighted by molar-refractivity contribution is 5.77. The maximum Gasteiger partial charge on any atom is 0.223 e. The van der Waals surface area contributed by atoms with Crippen LogP contribution in [-0.2, 0) is 11.4 Å². The van der Waals surface area contributed by atoms with E-state index in [-0.39, 0.29) is 18.6 Å². The van der Waals surface area contributed by atoms with Gasteiger partial charge in [-0.3, -0.25) is 9.89 Å². The molecule has 1 fully saturated rings. The molecule has 0 saturated carbocycles. The van der Waals surface area contributed by atoms with Crippen LogP contribution in [0.15, 0.2) is 6.07 Å². The Morgan fingerprint density at radius 2 is 2.44 bits per heavy atom. The van der Waals surface area contributed by atoms with Gasteiger partial charge in [-0.2, -0.15) is 5.10 Å². The number of H-pyrrole nitrogens is 1. The second kappa shape index (κ2) is 5.52. The van der Waals surface area contributed by atoms with Gasteiger partial charge in [-0.05, 0) is 24.8 Å². The number of hydrogen-bond donors (Lipinski definition) is 2. The molecule has 1 aromatic heterocycles. The number of rotatable bonds is 4. The van der Waals surface area contributed by atoms with E-state index < -0.39 is 0 Å². The number of carbonyl (C=O) groups is 1. The van der Waals surface area contributed by atoms with Crippen LogP contribution in [0, 0.1) is 5.92 Å². The molecule has 5 heteroatoms. The molecule has 1 aliphatic rings. The van der Waals surface area contributed by atoms with E-state index >= 15 is 0 Å². The highest BCUT2D eigenvalue weighted by atomic mass is 16.3. The van der Waals surface area contributed by atoms with Gasteiger partial charge in [0, 0.05) is 13.0 Å². The topological polar surface area (TPSA) is 69.2 Å². The number of hydrogen-bond acceptors (Lipinski definition) is 3. The monoisotopic (exact) mass is 251 g/mol. The van der Waals surface area contributed by atoms with Gasteiger partial charge in [-0.25, -0.2) is 0 Å². The van der Waals surface area contributed by atoms with Gasteiger partial charge < -0.3 is 10.0 Å². The van der Waals surface area contributed by atoms with Crippen LogP contribution in [0.3, 0.4) is 0 Å². The van der Waals surface area contributed by atoms with E-state index in [2.05, 4.69) is 24.0 Å². The predicted molar refractivity (Wildman–Crippen MR) is 67.7 cm³/mol. The molecule has 2 heterocycles. The second-order valence-corrected chi connectivity index (χ2v) is 5.32. The zero-order chi connectivity index (χ0) is 13.1. The van der Waals surface area contributed by atoms with Gasteiger partial charge in [0.05, 0.1) is 24.0 Å². The predicted octanol–water partition coefficient (Wildman–Crippen LogP) is 1.61. The molecule has 0 aliphatic carbocycles. The fourth-order valence-electron chi connectivity index (χ4n) is 2.47. The van der Waals surface area contributed by atoms with Crippen molar-refractivity contribution in [1.29, 1.82) is 0 Å². The number of aromatic nitrogens is 2. The lowest BCUT2D eigenvalue weighted by Crippen LogP contribution is -2.31. The van der Waals surface area contributed by atoms with E-state index in [1.54, 1.807) is 0 Å². The molecule has 0 bridgehead atoms. The minimum absolute atomic E-state index is 0.0420. The normalized spacial score (nSPS) is 19.8. The van der Waals surface area contributed by atoms with Crippen molar-refractivity contribution in [3.63, 3.8) is 0 Å². The standard InChI is InChI=1S/C13H21N3O2/c1-9(2)6-13(18)16-5-3-4-12(16)11-7-10(8-17)14-15-11/h7,9,12,17H,3-6,8H2,1-2H3,(H,14,15). The van der Waals surface area contributed by atoms with Crippen molar-refractivity contribution < 1.29 is 9.90 Å². The molecule has 2 N–H and O–H groups in total. The molecule has 1 amide bonds. The lowest BCUT2D eigenvalue weighted by molar-refractivity contribution is -0.133. The Labute approximate surface area is 107 Å². The summed E-state index contributed by atoms with van der Waals surface area (Å²) in [5.41, 5.74) is 1.57. The van der Waals surface area contributed by atoms with Gasteiger partial charge >= 0.3 is 0 Å². The number of aliphatic hydroxyl groups is 1. The summed E-state index contributed by atoms with van der Waals surface area (Å²) in [4.78, 5) is 14.1. The van der Waals surface area contributed by atoms with Crippen LogP contribution in [0.25, 0.3) is 0 Å². The Bertz CT molecular complexity index is 414. The molecular weight excluding hydrogens is 230 g/mol. The first-order valence-corrected chi connectivity index (χ1v) is 6.56. The number of nitrogens with zero attached hydrogens (tertiary/aromatic N) is 2. The highest BCUT2D eigenvalue weighted by Crippen LogP contribution is 2.32. The number of nitrogens with one attached hydrogen (secondary N) is 1. The summed E-state index contributed by atoms with van der Waals surface area (Å²) in [6.45, 7) is 4.89. The highest BCUT2D eigenvalue weighted by Gasteiger charge is 2.31. The molecule has 0 radical (unpaired) electrons. The summed E-state index contributed by atoms with van der Waals surface area (Å²) in [5.74, 6) is 0.590. The second-order valence-electron chi connectivity index (χ2n) is 5.32. The molecule has 5 nitrogen and oxygen atoms in total. The van der Waals surface area contributed by atoms with Crippen molar-refractivity contribution in [3.8, 4) is 0 Å². The first-order valence-electron chi connectivity index (χ1n) is 6.56. The van der Waals surface area contributed by atoms with Crippen LogP contribution in [0.4, 0.5) is 0 Å². The number of likely N-dealkylation sites (tertiary alicyclic amines) is 1. The zero-order valence-electron chi connectivity index (χ0n) is 11.0. The molecule has 1 saturated heterocycles. The molecule has 100 valence electrons. The summed E-state index contributed by atoms with van der Waals surface area (Å²) < 4.78 is 0. The first-order chi connectivity index (χ1) is 8.61. The van der Waals surface area contributed by atoms with Crippen molar-refractivity contribution in [2.45, 2.75) is 45.8 Å². The van der Waals surface area contributed by atoms with E-state index in [0.717, 1.165) is 25.1 Å². The van der Waals surface area contributed by atoms with Gasteiger partial charge in [0.25, 0.3) is 0 Å². The number of carbonyl (C=O) groups excluding carboxylic acids is 1. The van der Waals surface area contributed by atoms with Crippen molar-refractivity contribution in [1.82, 2.24) is 15.1 Å². The summed E-state index contributed by atoms with van der Waals surface area (Å²) in [7, 11) is 0. The van der Waals surface area contributed by atoms with Crippen LogP contribution in [0.5, 0.6) is 0 Å². The van der Waals surface area contributed by atoms with Crippen LogP contribution < -0.4 is 0 Å². The average molecular weight is 251 g/mol. The Hall–Kier alpha value is -1.36. The molecule has 1 unspecified atom stereocenters. The van der Waals surface area contributed by atoms with Gasteiger partial charge in [-0.1, -0.05) is 13.8 Å². The molecule has 18 heavy (non-hydrogen) atoms. The molecule has 1 aliphatic heterocycles. The molecular formula is C13H21N3O2. The van der Waals surface area contributed by atoms with Crippen molar-refractivity contribution in [3.05, 3.63) is 17.5 Å². The zero-order valence-corrected chi connectivity index (χ0v) is 11.0. The molecule has 1 aromatic rings. The molecule has 0 spiro atoms. The van der Waals surface area contributed by atoms with E-state index in [1.807, 2.05) is 11.0 Å². The minimum Gasteiger partial charge on any atom is -0.390 e. The van der Waals surface area contributed by atoms with Crippen molar-refractivity contribution in [2.75, 3.05) is 6.54 Å². The van der Waals surface area contributed by atoms with E-state index in [9.17, 15) is 4.79 Å². The number of amides is 1. The fourth-order valence-corrected chi connectivity index (χ4v) is 2.47. The molecule has 0 aromatic carbocycles. The Balaban J connectivity index is 2.09. The molecule has 2 rings (SSSR count). The van der Waals surface area contributed by atoms with Crippen LogP contribution >= 0.6 is 0 Å². The third-order valence-corrected chi connectivity index (χ3v) is 3.32. The Morgan fingerprint density at radius 1 is 1.67 bits per heavy atom. The maximum absolute atomic E-state index is 12.2. The summed E-state index contributed by atoms with van der Waals surface area (Å²) in [5, 5.41) is 16.0. The number of aromatic amines is 1. The van der Waals surface area contributed by atoms with Crippen LogP contribution in [-0.4, -0.2) is 32.7 Å². The van der Waals surface area contributed by atoms with E-state index in [4.69, 9.17) is 5.11 Å². The fraction of sp³-hybridized carbons (Fsp3) is 0.692. The van der Waals surface area contributed by atoms with Gasteiger partial charge in [-0.15, -0.1) is 0 Å². The van der Waals surface area contributed by atoms with Crippen LogP contribution in [0.2, 0.25) is 0 Å². The number of aliphatic hydroxyl groups excluding tert-OH is 1. The summed E-state index contributed by atoms with van der Waals surface area (Å²) in [6.07, 6.45) is 2.57. The smallest absolute Gasteiger partial charge is 0.223 e. The third-order valence-electron chi connectivity index (χ3n) is 3.32. The Morgan fingerprint density at radius 3 is 3.06 bits per heavy atom. The Kier molecular flexibility index (Phi) is 4.01. The average Bonchev–Trinajstić information content (AvgIpc) is 2.96.